The number of likely N-dealkylation sites (tertiary alicyclic amines) is 1. The number of amides is 1. The zero-order chi connectivity index (χ0) is 27.1. The molecule has 2 aromatic rings. The Morgan fingerprint density at radius 3 is 2.79 bits per heavy atom. The van der Waals surface area contributed by atoms with E-state index in [0.29, 0.717) is 56.3 Å². The molecule has 10 nitrogen and oxygen atoms in total. The summed E-state index contributed by atoms with van der Waals surface area (Å²) in [6.45, 7) is 4.24. The molecule has 0 spiro atoms. The molecule has 1 aromatic heterocycles. The van der Waals surface area contributed by atoms with Crippen LogP contribution in [0.1, 0.15) is 43.4 Å². The number of aryl methyl sites for hydroxylation is 1. The van der Waals surface area contributed by atoms with E-state index in [-0.39, 0.29) is 31.2 Å². The molecule has 1 amide bonds. The molecule has 3 atom stereocenters. The number of carboxylic acids is 1. The summed E-state index contributed by atoms with van der Waals surface area (Å²) >= 11 is 0. The zero-order valence-corrected chi connectivity index (χ0v) is 22.2. The van der Waals surface area contributed by atoms with Crippen molar-refractivity contribution in [2.75, 3.05) is 46.6 Å². The van der Waals surface area contributed by atoms with Gasteiger partial charge in [0.1, 0.15) is 0 Å². The SMILES string of the molecule is CCCCN(CCN)C(=O)CN1C[C@H](c2cc(OC)c3c(c2)OCO3)[C@@H](C(=O)O)[C@@H]1CCc1ccccn1. The summed E-state index contributed by atoms with van der Waals surface area (Å²) in [7, 11) is 1.55. The summed E-state index contributed by atoms with van der Waals surface area (Å²) in [6.07, 6.45) is 4.77. The van der Waals surface area contributed by atoms with E-state index in [1.54, 1.807) is 18.2 Å². The maximum Gasteiger partial charge on any atom is 0.308 e. The molecule has 3 N–H and O–H groups in total. The first kappa shape index (κ1) is 27.7. The molecule has 4 rings (SSSR count). The number of hydrogen-bond donors (Lipinski definition) is 2. The average Bonchev–Trinajstić information content (AvgIpc) is 3.54. The monoisotopic (exact) mass is 526 g/mol. The summed E-state index contributed by atoms with van der Waals surface area (Å²) < 4.78 is 16.7. The van der Waals surface area contributed by atoms with Crippen LogP contribution in [0.15, 0.2) is 36.5 Å². The number of unbranched alkanes of at least 4 members (excludes halogenated alkanes) is 1. The Kier molecular flexibility index (Phi) is 9.41. The van der Waals surface area contributed by atoms with Crippen LogP contribution < -0.4 is 19.9 Å². The molecule has 3 heterocycles. The van der Waals surface area contributed by atoms with Gasteiger partial charge in [0.05, 0.1) is 19.6 Å². The van der Waals surface area contributed by atoms with Crippen molar-refractivity contribution < 1.29 is 28.9 Å². The van der Waals surface area contributed by atoms with Crippen molar-refractivity contribution in [3.05, 3.63) is 47.8 Å². The first-order valence-corrected chi connectivity index (χ1v) is 13.3. The zero-order valence-electron chi connectivity index (χ0n) is 22.2. The number of carbonyl (C=O) groups is 2. The minimum atomic E-state index is -0.891. The number of methoxy groups -OCH3 is 1. The molecule has 1 aromatic carbocycles. The van der Waals surface area contributed by atoms with Crippen molar-refractivity contribution in [2.45, 2.75) is 44.6 Å². The Hall–Kier alpha value is -3.37. The van der Waals surface area contributed by atoms with Crippen LogP contribution in [0.4, 0.5) is 0 Å². The van der Waals surface area contributed by atoms with Crippen molar-refractivity contribution in [3.8, 4) is 17.2 Å². The molecular formula is C28H38N4O6. The lowest BCUT2D eigenvalue weighted by atomic mass is 9.83. The van der Waals surface area contributed by atoms with Crippen LogP contribution in [-0.2, 0) is 16.0 Å². The van der Waals surface area contributed by atoms with Gasteiger partial charge in [-0.05, 0) is 49.1 Å². The topological polar surface area (TPSA) is 127 Å². The largest absolute Gasteiger partial charge is 0.493 e. The number of rotatable bonds is 13. The highest BCUT2D eigenvalue weighted by atomic mass is 16.7. The summed E-state index contributed by atoms with van der Waals surface area (Å²) in [5.41, 5.74) is 7.48. The van der Waals surface area contributed by atoms with Crippen LogP contribution in [0.25, 0.3) is 0 Å². The first-order chi connectivity index (χ1) is 18.5. The Bertz CT molecular complexity index is 1100. The molecule has 38 heavy (non-hydrogen) atoms. The summed E-state index contributed by atoms with van der Waals surface area (Å²) in [5.74, 6) is -0.444. The van der Waals surface area contributed by atoms with Gasteiger partial charge in [0, 0.05) is 50.0 Å². The van der Waals surface area contributed by atoms with Gasteiger partial charge >= 0.3 is 5.97 Å². The third kappa shape index (κ3) is 6.19. The van der Waals surface area contributed by atoms with E-state index in [0.717, 1.165) is 24.1 Å². The van der Waals surface area contributed by atoms with Crippen LogP contribution >= 0.6 is 0 Å². The van der Waals surface area contributed by atoms with Gasteiger partial charge in [-0.15, -0.1) is 0 Å². The van der Waals surface area contributed by atoms with E-state index in [1.807, 2.05) is 35.2 Å². The number of nitrogens with two attached hydrogens (primary N) is 1. The Labute approximate surface area is 223 Å². The Morgan fingerprint density at radius 2 is 2.11 bits per heavy atom. The van der Waals surface area contributed by atoms with Crippen molar-refractivity contribution in [1.29, 1.82) is 0 Å². The van der Waals surface area contributed by atoms with Crippen LogP contribution in [-0.4, -0.2) is 84.4 Å². The van der Waals surface area contributed by atoms with Crippen LogP contribution in [0.5, 0.6) is 17.2 Å². The van der Waals surface area contributed by atoms with E-state index in [2.05, 4.69) is 11.9 Å². The van der Waals surface area contributed by atoms with Gasteiger partial charge in [-0.1, -0.05) is 19.4 Å². The van der Waals surface area contributed by atoms with Crippen LogP contribution in [0.3, 0.4) is 0 Å². The normalized spacial score (nSPS) is 20.4. The standard InChI is InChI=1S/C28H38N4O6/c1-3-4-12-31(13-10-29)25(33)17-32-16-21(19-14-23(36-2)27-24(15-19)37-18-38-27)26(28(34)35)22(32)9-8-20-7-5-6-11-30-20/h5-7,11,14-15,21-22,26H,3-4,8-10,12-13,16-18,29H2,1-2H3,(H,34,35)/t21-,22+,26-/m1/s1. The van der Waals surface area contributed by atoms with Crippen molar-refractivity contribution in [1.82, 2.24) is 14.8 Å². The van der Waals surface area contributed by atoms with E-state index in [9.17, 15) is 14.7 Å². The fourth-order valence-electron chi connectivity index (χ4n) is 5.54. The summed E-state index contributed by atoms with van der Waals surface area (Å²) in [6, 6.07) is 9.04. The fraction of sp³-hybridized carbons (Fsp3) is 0.536. The van der Waals surface area contributed by atoms with E-state index < -0.39 is 11.9 Å². The number of aliphatic carboxylic acids is 1. The van der Waals surface area contributed by atoms with Gasteiger partial charge in [-0.25, -0.2) is 0 Å². The molecule has 0 saturated carbocycles. The number of aromatic nitrogens is 1. The molecular weight excluding hydrogens is 488 g/mol. The molecule has 2 aliphatic rings. The highest BCUT2D eigenvalue weighted by molar-refractivity contribution is 5.79. The van der Waals surface area contributed by atoms with Crippen molar-refractivity contribution in [3.63, 3.8) is 0 Å². The predicted molar refractivity (Wildman–Crippen MR) is 141 cm³/mol. The minimum Gasteiger partial charge on any atom is -0.493 e. The second kappa shape index (κ2) is 12.9. The number of carboxylic acid groups (broad SMARTS) is 1. The second-order valence-electron chi connectivity index (χ2n) is 9.81. The number of nitrogens with zero attached hydrogens (tertiary/aromatic N) is 3. The van der Waals surface area contributed by atoms with Gasteiger partial charge < -0.3 is 30.0 Å². The van der Waals surface area contributed by atoms with Gasteiger partial charge in [0.2, 0.25) is 18.4 Å². The lowest BCUT2D eigenvalue weighted by Gasteiger charge is -2.29. The van der Waals surface area contributed by atoms with Crippen LogP contribution in [0.2, 0.25) is 0 Å². The Balaban J connectivity index is 1.64. The van der Waals surface area contributed by atoms with E-state index in [1.165, 1.54) is 0 Å². The molecule has 0 radical (unpaired) electrons. The number of fused-ring (bicyclic) bond motifs is 1. The minimum absolute atomic E-state index is 0.0280. The number of ether oxygens (including phenoxy) is 3. The number of hydrogen-bond acceptors (Lipinski definition) is 8. The smallest absolute Gasteiger partial charge is 0.308 e. The maximum absolute atomic E-state index is 13.4. The third-order valence-corrected chi connectivity index (χ3v) is 7.44. The summed E-state index contributed by atoms with van der Waals surface area (Å²) in [4.78, 5) is 34.4. The quantitative estimate of drug-likeness (QED) is 0.405. The molecule has 0 bridgehead atoms. The molecule has 1 fully saturated rings. The van der Waals surface area contributed by atoms with Crippen LogP contribution in [0, 0.1) is 5.92 Å². The highest BCUT2D eigenvalue weighted by Gasteiger charge is 2.47. The third-order valence-electron chi connectivity index (χ3n) is 7.44. The van der Waals surface area contributed by atoms with Gasteiger partial charge in [0.25, 0.3) is 0 Å². The van der Waals surface area contributed by atoms with Crippen molar-refractivity contribution >= 4 is 11.9 Å². The molecule has 0 aliphatic carbocycles. The maximum atomic E-state index is 13.4. The molecule has 2 aliphatic heterocycles. The highest BCUT2D eigenvalue weighted by Crippen LogP contribution is 2.47. The second-order valence-corrected chi connectivity index (χ2v) is 9.81. The average molecular weight is 527 g/mol. The molecule has 0 unspecified atom stereocenters. The van der Waals surface area contributed by atoms with Gasteiger partial charge in [-0.3, -0.25) is 19.5 Å². The predicted octanol–water partition coefficient (Wildman–Crippen LogP) is 2.51. The van der Waals surface area contributed by atoms with E-state index in [4.69, 9.17) is 19.9 Å². The summed E-state index contributed by atoms with van der Waals surface area (Å²) in [5, 5.41) is 10.5. The molecule has 1 saturated heterocycles. The fourth-order valence-corrected chi connectivity index (χ4v) is 5.54. The lowest BCUT2D eigenvalue weighted by Crippen LogP contribution is -2.45. The van der Waals surface area contributed by atoms with Gasteiger partial charge in [0.15, 0.2) is 11.5 Å². The molecule has 206 valence electrons. The lowest BCUT2D eigenvalue weighted by molar-refractivity contribution is -0.143. The Morgan fingerprint density at radius 1 is 1.26 bits per heavy atom. The molecule has 10 heteroatoms. The number of benzene rings is 1. The van der Waals surface area contributed by atoms with E-state index >= 15 is 0 Å². The van der Waals surface area contributed by atoms with Gasteiger partial charge in [-0.2, -0.15) is 0 Å². The van der Waals surface area contributed by atoms with Crippen molar-refractivity contribution in [2.24, 2.45) is 11.7 Å². The first-order valence-electron chi connectivity index (χ1n) is 13.3. The number of carbonyl (C=O) groups excluding carboxylic acids is 1. The number of pyridine rings is 1.